The van der Waals surface area contributed by atoms with Crippen LogP contribution in [-0.2, 0) is 4.74 Å². The molecule has 2 aromatic carbocycles. The monoisotopic (exact) mass is 396 g/mol. The predicted octanol–water partition coefficient (Wildman–Crippen LogP) is 4.47. The van der Waals surface area contributed by atoms with Gasteiger partial charge in [0.2, 0.25) is 0 Å². The van der Waals surface area contributed by atoms with E-state index in [1.54, 1.807) is 17.0 Å². The van der Waals surface area contributed by atoms with Crippen molar-refractivity contribution in [3.63, 3.8) is 0 Å². The van der Waals surface area contributed by atoms with Gasteiger partial charge in [-0.3, -0.25) is 0 Å². The Morgan fingerprint density at radius 2 is 1.72 bits per heavy atom. The number of carboxylic acids is 1. The summed E-state index contributed by atoms with van der Waals surface area (Å²) < 4.78 is 5.50. The fourth-order valence-corrected chi connectivity index (χ4v) is 4.01. The summed E-state index contributed by atoms with van der Waals surface area (Å²) in [4.78, 5) is 27.8. The number of fused-ring (bicyclic) bond motifs is 1. The van der Waals surface area contributed by atoms with Crippen molar-refractivity contribution in [1.29, 1.82) is 0 Å². The average molecular weight is 396 g/mol. The first-order chi connectivity index (χ1) is 13.7. The van der Waals surface area contributed by atoms with E-state index in [2.05, 4.69) is 11.0 Å². The number of hydrogen-bond acceptors (Lipinski definition) is 4. The van der Waals surface area contributed by atoms with Gasteiger partial charge in [0.25, 0.3) is 0 Å². The summed E-state index contributed by atoms with van der Waals surface area (Å²) in [5.41, 5.74) is 2.37. The number of nitrogens with zero attached hydrogens (tertiary/aromatic N) is 2. The first kappa shape index (κ1) is 19.6. The minimum absolute atomic E-state index is 0.251. The highest BCUT2D eigenvalue weighted by atomic mass is 16.6. The number of ether oxygens (including phenoxy) is 1. The summed E-state index contributed by atoms with van der Waals surface area (Å²) in [6, 6.07) is 9.54. The molecule has 0 radical (unpaired) electrons. The molecule has 1 N–H and O–H groups in total. The fourth-order valence-electron chi connectivity index (χ4n) is 4.01. The van der Waals surface area contributed by atoms with Crippen LogP contribution in [0.2, 0.25) is 0 Å². The lowest BCUT2D eigenvalue weighted by molar-refractivity contribution is 0.0240. The smallest absolute Gasteiger partial charge is 0.410 e. The normalized spacial score (nSPS) is 17.5. The molecule has 0 unspecified atom stereocenters. The van der Waals surface area contributed by atoms with Crippen LogP contribution < -0.4 is 4.90 Å². The van der Waals surface area contributed by atoms with E-state index in [1.807, 2.05) is 32.9 Å². The van der Waals surface area contributed by atoms with Gasteiger partial charge in [-0.1, -0.05) is 12.1 Å². The van der Waals surface area contributed by atoms with Crippen LogP contribution in [0.3, 0.4) is 0 Å². The topological polar surface area (TPSA) is 70.1 Å². The van der Waals surface area contributed by atoms with Crippen molar-refractivity contribution >= 4 is 28.5 Å². The number of piperazine rings is 1. The Morgan fingerprint density at radius 1 is 1.03 bits per heavy atom. The largest absolute Gasteiger partial charge is 0.478 e. The molecule has 6 heteroatoms. The molecule has 1 aliphatic heterocycles. The van der Waals surface area contributed by atoms with Gasteiger partial charge in [0.15, 0.2) is 0 Å². The number of anilines is 1. The van der Waals surface area contributed by atoms with E-state index in [0.717, 1.165) is 23.9 Å². The van der Waals surface area contributed by atoms with E-state index in [1.165, 1.54) is 24.1 Å². The second-order valence-corrected chi connectivity index (χ2v) is 8.97. The molecular formula is C23H28N2O4. The van der Waals surface area contributed by atoms with Gasteiger partial charge < -0.3 is 19.6 Å². The average Bonchev–Trinajstić information content (AvgIpc) is 3.50. The van der Waals surface area contributed by atoms with Gasteiger partial charge in [0.1, 0.15) is 5.60 Å². The van der Waals surface area contributed by atoms with E-state index >= 15 is 0 Å². The van der Waals surface area contributed by atoms with Gasteiger partial charge >= 0.3 is 12.1 Å². The van der Waals surface area contributed by atoms with E-state index < -0.39 is 11.6 Å². The van der Waals surface area contributed by atoms with Gasteiger partial charge in [-0.15, -0.1) is 0 Å². The highest BCUT2D eigenvalue weighted by molar-refractivity contribution is 5.97. The van der Waals surface area contributed by atoms with Crippen molar-refractivity contribution in [2.45, 2.75) is 45.1 Å². The zero-order valence-corrected chi connectivity index (χ0v) is 17.3. The lowest BCUT2D eigenvalue weighted by Crippen LogP contribution is -2.50. The summed E-state index contributed by atoms with van der Waals surface area (Å²) in [6.07, 6.45) is 2.09. The fraction of sp³-hybridized carbons (Fsp3) is 0.478. The molecule has 0 spiro atoms. The Morgan fingerprint density at radius 3 is 2.31 bits per heavy atom. The highest BCUT2D eigenvalue weighted by Gasteiger charge is 2.32. The van der Waals surface area contributed by atoms with Crippen LogP contribution in [0.5, 0.6) is 0 Å². The van der Waals surface area contributed by atoms with Crippen molar-refractivity contribution in [3.8, 4) is 0 Å². The minimum atomic E-state index is -0.901. The molecule has 0 aromatic heterocycles. The molecule has 29 heavy (non-hydrogen) atoms. The van der Waals surface area contributed by atoms with Crippen LogP contribution in [-0.4, -0.2) is 53.8 Å². The molecule has 6 nitrogen and oxygen atoms in total. The lowest BCUT2D eigenvalue weighted by Gasteiger charge is -2.37. The van der Waals surface area contributed by atoms with Crippen LogP contribution in [0.25, 0.3) is 10.8 Å². The Labute approximate surface area is 171 Å². The number of amides is 1. The number of benzene rings is 2. The molecule has 1 amide bonds. The molecule has 1 saturated heterocycles. The van der Waals surface area contributed by atoms with Crippen molar-refractivity contribution < 1.29 is 19.4 Å². The summed E-state index contributed by atoms with van der Waals surface area (Å²) >= 11 is 0. The van der Waals surface area contributed by atoms with Crippen LogP contribution in [0.15, 0.2) is 30.3 Å². The van der Waals surface area contributed by atoms with E-state index in [-0.39, 0.29) is 6.09 Å². The van der Waals surface area contributed by atoms with Gasteiger partial charge in [-0.05, 0) is 74.1 Å². The molecule has 154 valence electrons. The van der Waals surface area contributed by atoms with Crippen LogP contribution in [0.1, 0.15) is 55.5 Å². The summed E-state index contributed by atoms with van der Waals surface area (Å²) in [7, 11) is 0. The van der Waals surface area contributed by atoms with Crippen molar-refractivity contribution in [1.82, 2.24) is 4.90 Å². The Bertz CT molecular complexity index is 951. The molecule has 0 bridgehead atoms. The number of carbonyl (C=O) groups excluding carboxylic acids is 1. The molecular weight excluding hydrogens is 368 g/mol. The third-order valence-corrected chi connectivity index (χ3v) is 5.54. The summed E-state index contributed by atoms with van der Waals surface area (Å²) in [6.45, 7) is 8.44. The van der Waals surface area contributed by atoms with Gasteiger partial charge in [-0.2, -0.15) is 0 Å². The summed E-state index contributed by atoms with van der Waals surface area (Å²) in [5.74, 6) is -0.365. The highest BCUT2D eigenvalue weighted by Crippen LogP contribution is 2.48. The molecule has 2 aromatic rings. The molecule has 4 rings (SSSR count). The molecule has 2 fully saturated rings. The SMILES string of the molecule is CC(C)(C)OC(=O)N1CCN(c2ccc3cc(C(=O)O)ccc3c2C2CC2)CC1. The number of hydrogen-bond donors (Lipinski definition) is 1. The van der Waals surface area contributed by atoms with Gasteiger partial charge in [-0.25, -0.2) is 9.59 Å². The molecule has 0 atom stereocenters. The summed E-state index contributed by atoms with van der Waals surface area (Å²) in [5, 5.41) is 11.4. The molecule has 1 saturated carbocycles. The quantitative estimate of drug-likeness (QED) is 0.829. The lowest BCUT2D eigenvalue weighted by atomic mass is 9.96. The molecule has 1 heterocycles. The van der Waals surface area contributed by atoms with E-state index in [9.17, 15) is 14.7 Å². The Kier molecular flexibility index (Phi) is 4.89. The number of carboxylic acid groups (broad SMARTS) is 1. The van der Waals surface area contributed by atoms with E-state index in [4.69, 9.17) is 4.74 Å². The van der Waals surface area contributed by atoms with Gasteiger partial charge in [0.05, 0.1) is 5.56 Å². The van der Waals surface area contributed by atoms with Gasteiger partial charge in [0, 0.05) is 31.9 Å². The van der Waals surface area contributed by atoms with Crippen LogP contribution in [0.4, 0.5) is 10.5 Å². The van der Waals surface area contributed by atoms with Crippen molar-refractivity contribution in [3.05, 3.63) is 41.5 Å². The standard InChI is InChI=1S/C23H28N2O4/c1-23(2,3)29-22(28)25-12-10-24(11-13-25)19-9-7-16-14-17(21(26)27)6-8-18(16)20(19)15-4-5-15/h6-9,14-15H,4-5,10-13H2,1-3H3,(H,26,27). The Balaban J connectivity index is 1.57. The van der Waals surface area contributed by atoms with Crippen LogP contribution >= 0.6 is 0 Å². The third kappa shape index (κ3) is 4.16. The Hall–Kier alpha value is -2.76. The maximum Gasteiger partial charge on any atom is 0.410 e. The first-order valence-electron chi connectivity index (χ1n) is 10.3. The first-order valence-corrected chi connectivity index (χ1v) is 10.3. The number of rotatable bonds is 3. The number of aromatic carboxylic acids is 1. The molecule has 2 aliphatic rings. The van der Waals surface area contributed by atoms with Crippen LogP contribution in [0, 0.1) is 0 Å². The second-order valence-electron chi connectivity index (χ2n) is 8.97. The second kappa shape index (κ2) is 7.25. The minimum Gasteiger partial charge on any atom is -0.478 e. The third-order valence-electron chi connectivity index (χ3n) is 5.54. The zero-order chi connectivity index (χ0) is 20.8. The maximum atomic E-state index is 12.3. The predicted molar refractivity (Wildman–Crippen MR) is 113 cm³/mol. The number of carbonyl (C=O) groups is 2. The van der Waals surface area contributed by atoms with Crippen molar-refractivity contribution in [2.75, 3.05) is 31.1 Å². The zero-order valence-electron chi connectivity index (χ0n) is 17.3. The van der Waals surface area contributed by atoms with E-state index in [0.29, 0.717) is 24.6 Å². The van der Waals surface area contributed by atoms with Crippen molar-refractivity contribution in [2.24, 2.45) is 0 Å². The molecule has 1 aliphatic carbocycles. The maximum absolute atomic E-state index is 12.3.